The van der Waals surface area contributed by atoms with Crippen molar-refractivity contribution in [3.05, 3.63) is 17.7 Å². The van der Waals surface area contributed by atoms with Crippen molar-refractivity contribution in [1.29, 1.82) is 0 Å². The maximum absolute atomic E-state index is 12.3. The minimum absolute atomic E-state index is 0.0718. The Bertz CT molecular complexity index is 782. The molecule has 3 aliphatic rings. The lowest BCUT2D eigenvalue weighted by Gasteiger charge is -2.29. The van der Waals surface area contributed by atoms with Crippen LogP contribution < -0.4 is 15.0 Å². The lowest BCUT2D eigenvalue weighted by atomic mass is 9.99. The second kappa shape index (κ2) is 4.33. The summed E-state index contributed by atoms with van der Waals surface area (Å²) in [6.07, 6.45) is 1.74. The lowest BCUT2D eigenvalue weighted by Crippen LogP contribution is -2.48. The minimum Gasteiger partial charge on any atom is -0.493 e. The lowest BCUT2D eigenvalue weighted by molar-refractivity contribution is 0.181. The summed E-state index contributed by atoms with van der Waals surface area (Å²) >= 11 is 1.57. The molecule has 0 bridgehead atoms. The molecule has 3 aliphatic heterocycles. The molecule has 2 amide bonds. The molecule has 1 aromatic heterocycles. The van der Waals surface area contributed by atoms with Crippen molar-refractivity contribution in [3.63, 3.8) is 0 Å². The van der Waals surface area contributed by atoms with Gasteiger partial charge in [0, 0.05) is 25.1 Å². The number of fused-ring (bicyclic) bond motifs is 3. The van der Waals surface area contributed by atoms with Gasteiger partial charge in [-0.25, -0.2) is 9.78 Å². The summed E-state index contributed by atoms with van der Waals surface area (Å²) in [4.78, 5) is 18.9. The fraction of sp³-hybridized carbons (Fsp3) is 0.467. The van der Waals surface area contributed by atoms with Crippen LogP contribution in [0.25, 0.3) is 10.2 Å². The van der Waals surface area contributed by atoms with E-state index in [-0.39, 0.29) is 11.6 Å². The molecule has 4 heterocycles. The van der Waals surface area contributed by atoms with Crippen molar-refractivity contribution < 1.29 is 14.3 Å². The number of hydrogen-bond acceptors (Lipinski definition) is 5. The highest BCUT2D eigenvalue weighted by molar-refractivity contribution is 7.22. The van der Waals surface area contributed by atoms with Gasteiger partial charge in [0.2, 0.25) is 0 Å². The summed E-state index contributed by atoms with van der Waals surface area (Å²) in [5.74, 6) is 0.925. The maximum atomic E-state index is 12.3. The van der Waals surface area contributed by atoms with E-state index in [9.17, 15) is 4.79 Å². The Hall–Kier alpha value is -1.86. The average Bonchev–Trinajstić information content (AvgIpc) is 3.26. The van der Waals surface area contributed by atoms with Gasteiger partial charge in [-0.15, -0.1) is 0 Å². The number of rotatable bonds is 1. The molecule has 114 valence electrons. The summed E-state index contributed by atoms with van der Waals surface area (Å²) in [5.41, 5.74) is 1.87. The smallest absolute Gasteiger partial charge is 0.324 e. The number of benzene rings is 1. The largest absolute Gasteiger partial charge is 0.493 e. The Morgan fingerprint density at radius 1 is 1.36 bits per heavy atom. The Balaban J connectivity index is 1.65. The molecule has 1 atom stereocenters. The quantitative estimate of drug-likeness (QED) is 0.873. The molecular formula is C15H15N3O3S. The van der Waals surface area contributed by atoms with Crippen molar-refractivity contribution in [3.8, 4) is 5.75 Å². The van der Waals surface area contributed by atoms with Crippen LogP contribution in [0.15, 0.2) is 12.1 Å². The van der Waals surface area contributed by atoms with Gasteiger partial charge in [-0.05, 0) is 18.6 Å². The third kappa shape index (κ3) is 1.58. The van der Waals surface area contributed by atoms with Gasteiger partial charge in [0.1, 0.15) is 5.75 Å². The second-order valence-electron chi connectivity index (χ2n) is 6.00. The molecule has 0 aliphatic carbocycles. The van der Waals surface area contributed by atoms with Gasteiger partial charge in [-0.2, -0.15) is 0 Å². The SMILES string of the molecule is O=C1NC[C@@]2(CCOC2)N1c1nc2c3c(ccc2s1)OCC3. The highest BCUT2D eigenvalue weighted by atomic mass is 32.1. The molecule has 6 nitrogen and oxygen atoms in total. The van der Waals surface area contributed by atoms with Crippen molar-refractivity contribution >= 4 is 32.7 Å². The van der Waals surface area contributed by atoms with Gasteiger partial charge < -0.3 is 14.8 Å². The number of aromatic nitrogens is 1. The average molecular weight is 317 g/mol. The predicted molar refractivity (Wildman–Crippen MR) is 82.9 cm³/mol. The first-order valence-electron chi connectivity index (χ1n) is 7.48. The van der Waals surface area contributed by atoms with Crippen molar-refractivity contribution in [2.75, 3.05) is 31.3 Å². The van der Waals surface area contributed by atoms with Crippen molar-refractivity contribution in [2.45, 2.75) is 18.4 Å². The van der Waals surface area contributed by atoms with E-state index in [2.05, 4.69) is 5.32 Å². The minimum atomic E-state index is -0.273. The van der Waals surface area contributed by atoms with Crippen LogP contribution in [-0.2, 0) is 11.2 Å². The zero-order valence-corrected chi connectivity index (χ0v) is 12.7. The van der Waals surface area contributed by atoms with Crippen LogP contribution in [-0.4, -0.2) is 42.9 Å². The Labute approximate surface area is 131 Å². The molecule has 5 rings (SSSR count). The molecule has 7 heteroatoms. The molecule has 0 unspecified atom stereocenters. The summed E-state index contributed by atoms with van der Waals surface area (Å²) < 4.78 is 12.3. The fourth-order valence-electron chi connectivity index (χ4n) is 3.57. The van der Waals surface area contributed by atoms with E-state index in [4.69, 9.17) is 14.5 Å². The van der Waals surface area contributed by atoms with E-state index < -0.39 is 0 Å². The number of carbonyl (C=O) groups excluding carboxylic acids is 1. The number of thiazole rings is 1. The van der Waals surface area contributed by atoms with E-state index in [0.29, 0.717) is 26.4 Å². The monoisotopic (exact) mass is 317 g/mol. The third-order valence-electron chi connectivity index (χ3n) is 4.74. The fourth-order valence-corrected chi connectivity index (χ4v) is 4.67. The number of ether oxygens (including phenoxy) is 2. The van der Waals surface area contributed by atoms with Gasteiger partial charge >= 0.3 is 6.03 Å². The van der Waals surface area contributed by atoms with E-state index in [0.717, 1.165) is 39.5 Å². The van der Waals surface area contributed by atoms with Crippen molar-refractivity contribution in [2.24, 2.45) is 0 Å². The second-order valence-corrected chi connectivity index (χ2v) is 7.01. The van der Waals surface area contributed by atoms with Crippen LogP contribution >= 0.6 is 11.3 Å². The number of nitrogens with one attached hydrogen (secondary N) is 1. The third-order valence-corrected chi connectivity index (χ3v) is 5.75. The standard InChI is InChI=1S/C15H15N3O3S/c19-13-16-7-15(4-6-20-8-15)18(13)14-17-12-9-3-5-21-10(9)1-2-11(12)22-14/h1-2H,3-8H2,(H,16,19)/t15-/m1/s1. The van der Waals surface area contributed by atoms with Gasteiger partial charge in [0.05, 0.1) is 29.0 Å². The molecule has 2 saturated heterocycles. The zero-order chi connectivity index (χ0) is 14.7. The van der Waals surface area contributed by atoms with E-state index in [1.54, 1.807) is 11.3 Å². The van der Waals surface area contributed by atoms with Gasteiger partial charge in [-0.1, -0.05) is 11.3 Å². The maximum Gasteiger partial charge on any atom is 0.324 e. The molecule has 0 saturated carbocycles. The number of amides is 2. The Morgan fingerprint density at radius 2 is 2.32 bits per heavy atom. The molecule has 1 spiro atoms. The zero-order valence-electron chi connectivity index (χ0n) is 11.9. The number of hydrogen-bond donors (Lipinski definition) is 1. The Kier molecular flexibility index (Phi) is 2.49. The normalized spacial score (nSPS) is 26.7. The molecule has 22 heavy (non-hydrogen) atoms. The van der Waals surface area contributed by atoms with Crippen LogP contribution in [0.1, 0.15) is 12.0 Å². The van der Waals surface area contributed by atoms with Crippen LogP contribution in [0.3, 0.4) is 0 Å². The first-order valence-corrected chi connectivity index (χ1v) is 8.30. The summed E-state index contributed by atoms with van der Waals surface area (Å²) in [5, 5.41) is 3.71. The molecule has 1 aromatic carbocycles. The molecule has 1 N–H and O–H groups in total. The van der Waals surface area contributed by atoms with E-state index in [1.807, 2.05) is 17.0 Å². The highest BCUT2D eigenvalue weighted by Gasteiger charge is 2.50. The van der Waals surface area contributed by atoms with Gasteiger partial charge in [0.25, 0.3) is 0 Å². The highest BCUT2D eigenvalue weighted by Crippen LogP contribution is 2.41. The molecule has 2 aromatic rings. The number of anilines is 1. The van der Waals surface area contributed by atoms with Gasteiger partial charge in [0.15, 0.2) is 5.13 Å². The topological polar surface area (TPSA) is 63.7 Å². The summed E-state index contributed by atoms with van der Waals surface area (Å²) in [7, 11) is 0. The number of nitrogens with zero attached hydrogens (tertiary/aromatic N) is 2. The van der Waals surface area contributed by atoms with Crippen LogP contribution in [0.2, 0.25) is 0 Å². The summed E-state index contributed by atoms with van der Waals surface area (Å²) in [6, 6.07) is 3.97. The first kappa shape index (κ1) is 12.7. The number of carbonyl (C=O) groups is 1. The molecule has 2 fully saturated rings. The van der Waals surface area contributed by atoms with E-state index in [1.165, 1.54) is 0 Å². The Morgan fingerprint density at radius 3 is 3.18 bits per heavy atom. The molecule has 0 radical (unpaired) electrons. The van der Waals surface area contributed by atoms with Gasteiger partial charge in [-0.3, -0.25) is 4.90 Å². The molecular weight excluding hydrogens is 302 g/mol. The van der Waals surface area contributed by atoms with Crippen LogP contribution in [0.4, 0.5) is 9.93 Å². The first-order chi connectivity index (χ1) is 10.8. The predicted octanol–water partition coefficient (Wildman–Crippen LogP) is 1.92. The van der Waals surface area contributed by atoms with Crippen LogP contribution in [0, 0.1) is 0 Å². The number of urea groups is 1. The summed E-state index contributed by atoms with van der Waals surface area (Å²) in [6.45, 7) is 2.61. The van der Waals surface area contributed by atoms with Crippen LogP contribution in [0.5, 0.6) is 5.75 Å². The van der Waals surface area contributed by atoms with Crippen molar-refractivity contribution in [1.82, 2.24) is 10.3 Å². The van der Waals surface area contributed by atoms with E-state index >= 15 is 0 Å².